The molecule has 0 fully saturated rings. The van der Waals surface area contributed by atoms with E-state index in [9.17, 15) is 0 Å². The maximum atomic E-state index is 8.41. The normalized spacial score (nSPS) is 10.3. The summed E-state index contributed by atoms with van der Waals surface area (Å²) in [5.41, 5.74) is 0. The average molecular weight is 224 g/mol. The van der Waals surface area contributed by atoms with E-state index in [0.717, 1.165) is 11.7 Å². The zero-order valence-electron chi connectivity index (χ0n) is 6.86. The number of anilines is 1. The third-order valence-corrected chi connectivity index (χ3v) is 2.12. The number of aliphatic hydroxyl groups excluding tert-OH is 1. The Labute approximate surface area is 85.0 Å². The highest BCUT2D eigenvalue weighted by Crippen LogP contribution is 2.16. The van der Waals surface area contributed by atoms with Gasteiger partial charge in [0.05, 0.1) is 31.5 Å². The fraction of sp³-hybridized carbons (Fsp3) is 0.667. The van der Waals surface area contributed by atoms with Crippen LogP contribution in [-0.2, 0) is 4.74 Å². The van der Waals surface area contributed by atoms with Crippen molar-refractivity contribution in [2.45, 2.75) is 0 Å². The van der Waals surface area contributed by atoms with Crippen LogP contribution in [0.3, 0.4) is 0 Å². The molecule has 74 valence electrons. The second-order valence-corrected chi connectivity index (χ2v) is 3.05. The summed E-state index contributed by atoms with van der Waals surface area (Å²) in [5.74, 6) is 0.583. The van der Waals surface area contributed by atoms with Gasteiger partial charge >= 0.3 is 0 Å². The van der Waals surface area contributed by atoms with Crippen molar-refractivity contribution in [2.24, 2.45) is 0 Å². The lowest BCUT2D eigenvalue weighted by Crippen LogP contribution is -2.11. The summed E-state index contributed by atoms with van der Waals surface area (Å²) in [4.78, 5) is 0. The SMILES string of the molecule is OCCOCCNc1nsnc1Cl. The van der Waals surface area contributed by atoms with Crippen LogP contribution in [-0.4, -0.2) is 40.2 Å². The van der Waals surface area contributed by atoms with Crippen LogP contribution in [0.15, 0.2) is 0 Å². The Balaban J connectivity index is 2.10. The van der Waals surface area contributed by atoms with Gasteiger partial charge in [-0.3, -0.25) is 0 Å². The molecule has 2 N–H and O–H groups in total. The molecule has 0 aliphatic rings. The number of hydrogen-bond acceptors (Lipinski definition) is 6. The van der Waals surface area contributed by atoms with E-state index in [1.54, 1.807) is 0 Å². The first-order valence-corrected chi connectivity index (χ1v) is 4.86. The Morgan fingerprint density at radius 1 is 1.46 bits per heavy atom. The van der Waals surface area contributed by atoms with Gasteiger partial charge in [0.25, 0.3) is 0 Å². The lowest BCUT2D eigenvalue weighted by molar-refractivity contribution is 0.0992. The topological polar surface area (TPSA) is 67.3 Å². The molecule has 0 amide bonds. The molecule has 0 unspecified atom stereocenters. The van der Waals surface area contributed by atoms with Gasteiger partial charge in [0.1, 0.15) is 0 Å². The van der Waals surface area contributed by atoms with Crippen molar-refractivity contribution in [3.05, 3.63) is 5.15 Å². The highest BCUT2D eigenvalue weighted by atomic mass is 35.5. The molecule has 1 aromatic rings. The number of halogens is 1. The summed E-state index contributed by atoms with van der Waals surface area (Å²) in [6.45, 7) is 1.50. The minimum atomic E-state index is 0.0407. The Hall–Kier alpha value is -0.430. The Kier molecular flexibility index (Phi) is 4.99. The predicted molar refractivity (Wildman–Crippen MR) is 51.3 cm³/mol. The van der Waals surface area contributed by atoms with Gasteiger partial charge in [-0.05, 0) is 0 Å². The fourth-order valence-electron chi connectivity index (χ4n) is 0.691. The van der Waals surface area contributed by atoms with Gasteiger partial charge in [0.15, 0.2) is 11.0 Å². The fourth-order valence-corrected chi connectivity index (χ4v) is 1.37. The predicted octanol–water partition coefficient (Wildman–Crippen LogP) is 0.612. The van der Waals surface area contributed by atoms with Crippen molar-refractivity contribution in [1.29, 1.82) is 0 Å². The molecule has 7 heteroatoms. The standard InChI is InChI=1S/C6H10ClN3O2S/c7-5-6(10-13-9-5)8-1-3-12-4-2-11/h11H,1-4H2,(H,8,10). The minimum absolute atomic E-state index is 0.0407. The molecular formula is C6H10ClN3O2S. The van der Waals surface area contributed by atoms with Crippen molar-refractivity contribution in [1.82, 2.24) is 8.75 Å². The third kappa shape index (κ3) is 3.86. The van der Waals surface area contributed by atoms with Crippen LogP contribution >= 0.6 is 23.3 Å². The van der Waals surface area contributed by atoms with E-state index in [2.05, 4.69) is 14.1 Å². The maximum absolute atomic E-state index is 8.41. The van der Waals surface area contributed by atoms with Gasteiger partial charge in [0, 0.05) is 6.54 Å². The van der Waals surface area contributed by atoms with Crippen LogP contribution in [0.1, 0.15) is 0 Å². The van der Waals surface area contributed by atoms with Crippen LogP contribution in [0.25, 0.3) is 0 Å². The van der Waals surface area contributed by atoms with Crippen molar-refractivity contribution in [2.75, 3.05) is 31.7 Å². The van der Waals surface area contributed by atoms with E-state index in [-0.39, 0.29) is 6.61 Å². The van der Waals surface area contributed by atoms with Crippen LogP contribution < -0.4 is 5.32 Å². The number of aliphatic hydroxyl groups is 1. The molecule has 0 radical (unpaired) electrons. The summed E-state index contributed by atoms with van der Waals surface area (Å²) >= 11 is 6.73. The van der Waals surface area contributed by atoms with E-state index in [0.29, 0.717) is 30.7 Å². The maximum Gasteiger partial charge on any atom is 0.186 e. The first kappa shape index (κ1) is 10.6. The molecule has 0 spiro atoms. The van der Waals surface area contributed by atoms with Crippen LogP contribution in [0.5, 0.6) is 0 Å². The second-order valence-electron chi connectivity index (χ2n) is 2.17. The molecule has 0 saturated heterocycles. The van der Waals surface area contributed by atoms with Gasteiger partial charge < -0.3 is 15.2 Å². The molecule has 0 aromatic carbocycles. The number of nitrogens with zero attached hydrogens (tertiary/aromatic N) is 2. The molecule has 0 aliphatic heterocycles. The largest absolute Gasteiger partial charge is 0.394 e. The van der Waals surface area contributed by atoms with Crippen molar-refractivity contribution < 1.29 is 9.84 Å². The van der Waals surface area contributed by atoms with Crippen LogP contribution in [0.4, 0.5) is 5.82 Å². The van der Waals surface area contributed by atoms with Crippen LogP contribution in [0.2, 0.25) is 5.15 Å². The molecule has 0 aliphatic carbocycles. The Bertz CT molecular complexity index is 246. The number of ether oxygens (including phenoxy) is 1. The lowest BCUT2D eigenvalue weighted by atomic mass is 10.6. The first-order chi connectivity index (χ1) is 6.34. The molecule has 0 bridgehead atoms. The molecule has 1 aromatic heterocycles. The summed E-state index contributed by atoms with van der Waals surface area (Å²) in [6.07, 6.45) is 0. The Morgan fingerprint density at radius 2 is 2.31 bits per heavy atom. The second kappa shape index (κ2) is 6.09. The van der Waals surface area contributed by atoms with Gasteiger partial charge in [-0.25, -0.2) is 0 Å². The first-order valence-electron chi connectivity index (χ1n) is 3.75. The van der Waals surface area contributed by atoms with Gasteiger partial charge in [-0.1, -0.05) is 11.6 Å². The third-order valence-electron chi connectivity index (χ3n) is 1.22. The van der Waals surface area contributed by atoms with E-state index in [1.165, 1.54) is 0 Å². The highest BCUT2D eigenvalue weighted by Gasteiger charge is 2.02. The molecule has 0 atom stereocenters. The summed E-state index contributed by atoms with van der Waals surface area (Å²) < 4.78 is 12.7. The van der Waals surface area contributed by atoms with E-state index >= 15 is 0 Å². The number of rotatable bonds is 6. The molecule has 0 saturated carbocycles. The summed E-state index contributed by atoms with van der Waals surface area (Å²) in [5, 5.41) is 11.7. The van der Waals surface area contributed by atoms with Gasteiger partial charge in [-0.2, -0.15) is 8.75 Å². The molecule has 13 heavy (non-hydrogen) atoms. The Morgan fingerprint density at radius 3 is 2.92 bits per heavy atom. The molecule has 1 rings (SSSR count). The van der Waals surface area contributed by atoms with Gasteiger partial charge in [-0.15, -0.1) is 0 Å². The van der Waals surface area contributed by atoms with Crippen molar-refractivity contribution in [3.8, 4) is 0 Å². The van der Waals surface area contributed by atoms with Gasteiger partial charge in [0.2, 0.25) is 0 Å². The minimum Gasteiger partial charge on any atom is -0.394 e. The lowest BCUT2D eigenvalue weighted by Gasteiger charge is -2.02. The zero-order valence-corrected chi connectivity index (χ0v) is 8.44. The smallest absolute Gasteiger partial charge is 0.186 e. The number of hydrogen-bond donors (Lipinski definition) is 2. The molecule has 5 nitrogen and oxygen atoms in total. The molecule has 1 heterocycles. The monoisotopic (exact) mass is 223 g/mol. The summed E-state index contributed by atoms with van der Waals surface area (Å²) in [6, 6.07) is 0. The van der Waals surface area contributed by atoms with Crippen molar-refractivity contribution >= 4 is 29.1 Å². The van der Waals surface area contributed by atoms with E-state index in [1.807, 2.05) is 0 Å². The van der Waals surface area contributed by atoms with E-state index in [4.69, 9.17) is 21.4 Å². The van der Waals surface area contributed by atoms with Crippen molar-refractivity contribution in [3.63, 3.8) is 0 Å². The quantitative estimate of drug-likeness (QED) is 0.692. The highest BCUT2D eigenvalue weighted by molar-refractivity contribution is 6.99. The summed E-state index contributed by atoms with van der Waals surface area (Å²) in [7, 11) is 0. The number of aromatic nitrogens is 2. The molecular weight excluding hydrogens is 214 g/mol. The van der Waals surface area contributed by atoms with Crippen LogP contribution in [0, 0.1) is 0 Å². The van der Waals surface area contributed by atoms with E-state index < -0.39 is 0 Å². The average Bonchev–Trinajstić information content (AvgIpc) is 2.52. The zero-order chi connectivity index (χ0) is 9.52. The number of nitrogens with one attached hydrogen (secondary N) is 1.